The van der Waals surface area contributed by atoms with E-state index in [0.29, 0.717) is 5.82 Å². The number of hydrogen-bond acceptors (Lipinski definition) is 2. The molecule has 2 aromatic heterocycles. The number of aromatic carboxylic acids is 1. The molecule has 0 radical (unpaired) electrons. The first-order valence-electron chi connectivity index (χ1n) is 5.94. The summed E-state index contributed by atoms with van der Waals surface area (Å²) in [5, 5.41) is 9.08. The van der Waals surface area contributed by atoms with Gasteiger partial charge in [-0.1, -0.05) is 19.9 Å². The molecule has 0 bridgehead atoms. The molecule has 2 aromatic rings. The fourth-order valence-electron chi connectivity index (χ4n) is 1.67. The Morgan fingerprint density at radius 1 is 1.33 bits per heavy atom. The maximum absolute atomic E-state index is 11.1. The van der Waals surface area contributed by atoms with Crippen molar-refractivity contribution in [1.82, 2.24) is 9.55 Å². The molecular formula is C14H18N2O2. The summed E-state index contributed by atoms with van der Waals surface area (Å²) in [7, 11) is 0. The third-order valence-electron chi connectivity index (χ3n) is 2.39. The minimum absolute atomic E-state index is 0.235. The summed E-state index contributed by atoms with van der Waals surface area (Å²) >= 11 is 0. The number of carbonyl (C=O) groups is 1. The van der Waals surface area contributed by atoms with Crippen molar-refractivity contribution in [3.63, 3.8) is 0 Å². The number of aromatic nitrogens is 2. The summed E-state index contributed by atoms with van der Waals surface area (Å²) in [5.41, 5.74) is 2.09. The van der Waals surface area contributed by atoms with E-state index in [2.05, 4.69) is 4.98 Å². The number of aryl methyl sites for hydroxylation is 2. The highest BCUT2D eigenvalue weighted by Crippen LogP contribution is 2.16. The Balaban J connectivity index is 0.000000771. The first-order valence-corrected chi connectivity index (χ1v) is 5.94. The van der Waals surface area contributed by atoms with Gasteiger partial charge in [0.15, 0.2) is 0 Å². The van der Waals surface area contributed by atoms with Crippen LogP contribution in [-0.2, 0) is 0 Å². The molecule has 0 unspecified atom stereocenters. The Hall–Kier alpha value is -2.10. The Morgan fingerprint density at radius 3 is 2.56 bits per heavy atom. The molecule has 4 heteroatoms. The Labute approximate surface area is 107 Å². The second-order valence-electron chi connectivity index (χ2n) is 3.72. The Morgan fingerprint density at radius 2 is 2.00 bits per heavy atom. The predicted octanol–water partition coefficient (Wildman–Crippen LogP) is 3.21. The molecule has 0 spiro atoms. The third-order valence-corrected chi connectivity index (χ3v) is 2.39. The lowest BCUT2D eigenvalue weighted by molar-refractivity contribution is 0.0688. The molecule has 2 heterocycles. The number of carboxylic acids is 1. The van der Waals surface area contributed by atoms with E-state index in [0.717, 1.165) is 11.1 Å². The lowest BCUT2D eigenvalue weighted by Gasteiger charge is -2.07. The van der Waals surface area contributed by atoms with Crippen molar-refractivity contribution >= 4 is 5.97 Å². The average molecular weight is 246 g/mol. The van der Waals surface area contributed by atoms with Gasteiger partial charge in [-0.2, -0.15) is 0 Å². The van der Waals surface area contributed by atoms with Crippen molar-refractivity contribution in [3.05, 3.63) is 47.4 Å². The predicted molar refractivity (Wildman–Crippen MR) is 71.3 cm³/mol. The summed E-state index contributed by atoms with van der Waals surface area (Å²) in [5.74, 6) is -0.286. The number of nitrogens with zero attached hydrogens (tertiary/aromatic N) is 2. The maximum atomic E-state index is 11.1. The standard InChI is InChI=1S/C12H12N2O2.C2H6/c1-8-6-10(12(15)16)14(7-8)11-9(2)4-3-5-13-11;1-2/h3-7H,1-2H3,(H,15,16);1-2H3. The minimum atomic E-state index is -0.946. The van der Waals surface area contributed by atoms with Crippen LogP contribution in [0, 0.1) is 13.8 Å². The van der Waals surface area contributed by atoms with Crippen LogP contribution in [0.25, 0.3) is 5.82 Å². The van der Waals surface area contributed by atoms with Crippen molar-refractivity contribution in [2.45, 2.75) is 27.7 Å². The zero-order valence-electron chi connectivity index (χ0n) is 11.1. The molecule has 0 atom stereocenters. The van der Waals surface area contributed by atoms with Crippen molar-refractivity contribution in [1.29, 1.82) is 0 Å². The van der Waals surface area contributed by atoms with Crippen LogP contribution in [0.1, 0.15) is 35.5 Å². The molecule has 4 nitrogen and oxygen atoms in total. The van der Waals surface area contributed by atoms with E-state index in [1.165, 1.54) is 0 Å². The highest BCUT2D eigenvalue weighted by atomic mass is 16.4. The number of pyridine rings is 1. The molecule has 0 fully saturated rings. The van der Waals surface area contributed by atoms with Gasteiger partial charge < -0.3 is 5.11 Å². The van der Waals surface area contributed by atoms with Crippen molar-refractivity contribution in [2.24, 2.45) is 0 Å². The lowest BCUT2D eigenvalue weighted by atomic mass is 10.3. The molecule has 2 rings (SSSR count). The molecule has 0 saturated heterocycles. The summed E-state index contributed by atoms with van der Waals surface area (Å²) in [6.45, 7) is 7.77. The topological polar surface area (TPSA) is 55.1 Å². The fourth-order valence-corrected chi connectivity index (χ4v) is 1.67. The van der Waals surface area contributed by atoms with E-state index >= 15 is 0 Å². The van der Waals surface area contributed by atoms with Crippen molar-refractivity contribution in [2.75, 3.05) is 0 Å². The first-order chi connectivity index (χ1) is 8.59. The monoisotopic (exact) mass is 246 g/mol. The Kier molecular flexibility index (Phi) is 4.66. The second-order valence-corrected chi connectivity index (χ2v) is 3.72. The van der Waals surface area contributed by atoms with Gasteiger partial charge >= 0.3 is 5.97 Å². The van der Waals surface area contributed by atoms with Crippen LogP contribution in [0.5, 0.6) is 0 Å². The molecule has 0 saturated carbocycles. The molecule has 18 heavy (non-hydrogen) atoms. The van der Waals surface area contributed by atoms with E-state index in [9.17, 15) is 4.79 Å². The minimum Gasteiger partial charge on any atom is -0.477 e. The van der Waals surface area contributed by atoms with Crippen LogP contribution in [-0.4, -0.2) is 20.6 Å². The van der Waals surface area contributed by atoms with Crippen LogP contribution in [0.4, 0.5) is 0 Å². The fraction of sp³-hybridized carbons (Fsp3) is 0.286. The summed E-state index contributed by atoms with van der Waals surface area (Å²) < 4.78 is 1.60. The summed E-state index contributed by atoms with van der Waals surface area (Å²) in [4.78, 5) is 15.3. The molecule has 0 aromatic carbocycles. The zero-order chi connectivity index (χ0) is 13.7. The number of rotatable bonds is 2. The quantitative estimate of drug-likeness (QED) is 0.885. The zero-order valence-corrected chi connectivity index (χ0v) is 11.1. The van der Waals surface area contributed by atoms with Gasteiger partial charge in [0, 0.05) is 12.4 Å². The van der Waals surface area contributed by atoms with E-state index < -0.39 is 5.97 Å². The van der Waals surface area contributed by atoms with Gasteiger partial charge in [-0.15, -0.1) is 0 Å². The van der Waals surface area contributed by atoms with Crippen molar-refractivity contribution in [3.8, 4) is 5.82 Å². The van der Waals surface area contributed by atoms with E-state index in [-0.39, 0.29) is 5.69 Å². The summed E-state index contributed by atoms with van der Waals surface area (Å²) in [6.07, 6.45) is 3.43. The lowest BCUT2D eigenvalue weighted by Crippen LogP contribution is -2.08. The SMILES string of the molecule is CC.Cc1cc(C(=O)O)n(-c2ncccc2C)c1. The molecule has 0 aliphatic heterocycles. The van der Waals surface area contributed by atoms with E-state index in [1.807, 2.05) is 39.8 Å². The molecule has 0 aliphatic carbocycles. The van der Waals surface area contributed by atoms with Crippen LogP contribution in [0.15, 0.2) is 30.6 Å². The number of carboxylic acid groups (broad SMARTS) is 1. The van der Waals surface area contributed by atoms with Crippen LogP contribution < -0.4 is 0 Å². The first kappa shape index (κ1) is 14.0. The van der Waals surface area contributed by atoms with Gasteiger partial charge in [0.25, 0.3) is 0 Å². The Bertz CT molecular complexity index is 544. The molecular weight excluding hydrogens is 228 g/mol. The highest BCUT2D eigenvalue weighted by Gasteiger charge is 2.13. The van der Waals surface area contributed by atoms with Crippen LogP contribution in [0.3, 0.4) is 0 Å². The molecule has 0 amide bonds. The molecule has 1 N–H and O–H groups in total. The number of hydrogen-bond donors (Lipinski definition) is 1. The van der Waals surface area contributed by atoms with Gasteiger partial charge in [0.1, 0.15) is 11.5 Å². The van der Waals surface area contributed by atoms with E-state index in [4.69, 9.17) is 5.11 Å². The van der Waals surface area contributed by atoms with E-state index in [1.54, 1.807) is 23.0 Å². The third kappa shape index (κ3) is 2.77. The highest BCUT2D eigenvalue weighted by molar-refractivity contribution is 5.87. The average Bonchev–Trinajstić information content (AvgIpc) is 2.74. The van der Waals surface area contributed by atoms with Gasteiger partial charge in [0.05, 0.1) is 0 Å². The molecule has 96 valence electrons. The summed E-state index contributed by atoms with van der Waals surface area (Å²) in [6, 6.07) is 5.37. The van der Waals surface area contributed by atoms with Crippen molar-refractivity contribution < 1.29 is 9.90 Å². The van der Waals surface area contributed by atoms with Gasteiger partial charge in [-0.05, 0) is 37.1 Å². The smallest absolute Gasteiger partial charge is 0.352 e. The van der Waals surface area contributed by atoms with Gasteiger partial charge in [-0.25, -0.2) is 9.78 Å². The van der Waals surface area contributed by atoms with Crippen LogP contribution >= 0.6 is 0 Å². The molecule has 0 aliphatic rings. The van der Waals surface area contributed by atoms with Gasteiger partial charge in [-0.3, -0.25) is 4.57 Å². The second kappa shape index (κ2) is 6.00. The maximum Gasteiger partial charge on any atom is 0.352 e. The largest absolute Gasteiger partial charge is 0.477 e. The van der Waals surface area contributed by atoms with Crippen LogP contribution in [0.2, 0.25) is 0 Å². The normalized spacial score (nSPS) is 9.56. The van der Waals surface area contributed by atoms with Gasteiger partial charge in [0.2, 0.25) is 0 Å².